The maximum atomic E-state index is 12.4. The molecule has 4 nitrogen and oxygen atoms in total. The molecule has 1 aromatic carbocycles. The van der Waals surface area contributed by atoms with E-state index in [4.69, 9.17) is 0 Å². The number of ketones is 1. The summed E-state index contributed by atoms with van der Waals surface area (Å²) < 4.78 is 0.789. The first-order valence-corrected chi connectivity index (χ1v) is 8.81. The van der Waals surface area contributed by atoms with Crippen molar-refractivity contribution >= 4 is 34.0 Å². The van der Waals surface area contributed by atoms with Crippen molar-refractivity contribution in [3.63, 3.8) is 0 Å². The summed E-state index contributed by atoms with van der Waals surface area (Å²) >= 11 is 2.89. The van der Waals surface area contributed by atoms with Gasteiger partial charge in [0.25, 0.3) is 0 Å². The second-order valence-electron chi connectivity index (χ2n) is 4.72. The third kappa shape index (κ3) is 4.42. The van der Waals surface area contributed by atoms with Crippen molar-refractivity contribution in [3.8, 4) is 0 Å². The molecule has 0 aliphatic rings. The summed E-state index contributed by atoms with van der Waals surface area (Å²) in [6, 6.07) is 7.81. The van der Waals surface area contributed by atoms with E-state index < -0.39 is 0 Å². The van der Waals surface area contributed by atoms with Crippen molar-refractivity contribution in [2.75, 3.05) is 11.9 Å². The van der Waals surface area contributed by atoms with Crippen LogP contribution in [-0.2, 0) is 6.42 Å². The number of hydrogen-bond acceptors (Lipinski definition) is 6. The summed E-state index contributed by atoms with van der Waals surface area (Å²) in [5.41, 5.74) is 1.98. The van der Waals surface area contributed by atoms with E-state index in [9.17, 15) is 4.79 Å². The normalized spacial score (nSPS) is 11.9. The summed E-state index contributed by atoms with van der Waals surface area (Å²) in [7, 11) is 0. The molecule has 1 aromatic heterocycles. The van der Waals surface area contributed by atoms with Gasteiger partial charge in [-0.25, -0.2) is 0 Å². The van der Waals surface area contributed by atoms with Crippen molar-refractivity contribution < 1.29 is 4.79 Å². The van der Waals surface area contributed by atoms with Gasteiger partial charge in [-0.2, -0.15) is 0 Å². The summed E-state index contributed by atoms with van der Waals surface area (Å²) in [6.07, 6.45) is 2.74. The van der Waals surface area contributed by atoms with Crippen LogP contribution in [0.4, 0.5) is 5.13 Å². The topological polar surface area (TPSA) is 54.9 Å². The summed E-state index contributed by atoms with van der Waals surface area (Å²) in [4.78, 5) is 12.4. The van der Waals surface area contributed by atoms with E-state index in [0.29, 0.717) is 6.54 Å². The SMILES string of the molecule is C=CCNc1nnc(S[C@H](C)C(=O)c2ccc(CC)cc2)s1. The molecule has 6 heteroatoms. The Bertz CT molecular complexity index is 637. The number of carbonyl (C=O) groups excluding carboxylic acids is 1. The first kappa shape index (κ1) is 16.7. The Labute approximate surface area is 139 Å². The highest BCUT2D eigenvalue weighted by atomic mass is 32.2. The molecule has 0 aliphatic heterocycles. The second kappa shape index (κ2) is 8.10. The molecule has 0 amide bonds. The molecule has 1 heterocycles. The van der Waals surface area contributed by atoms with Gasteiger partial charge in [0, 0.05) is 12.1 Å². The first-order chi connectivity index (χ1) is 10.6. The van der Waals surface area contributed by atoms with E-state index in [1.54, 1.807) is 6.08 Å². The molecule has 2 aromatic rings. The maximum Gasteiger partial charge on any atom is 0.206 e. The molecule has 0 aliphatic carbocycles. The number of Topliss-reactive ketones (excluding diaryl/α,β-unsaturated/α-hetero) is 1. The van der Waals surface area contributed by atoms with Crippen molar-refractivity contribution in [2.45, 2.75) is 29.9 Å². The van der Waals surface area contributed by atoms with Crippen molar-refractivity contribution in [2.24, 2.45) is 0 Å². The van der Waals surface area contributed by atoms with E-state index in [1.165, 1.54) is 28.7 Å². The average molecular weight is 333 g/mol. The predicted molar refractivity (Wildman–Crippen MR) is 94.1 cm³/mol. The van der Waals surface area contributed by atoms with Gasteiger partial charge in [0.1, 0.15) is 0 Å². The summed E-state index contributed by atoms with van der Waals surface area (Å²) in [5, 5.41) is 11.8. The van der Waals surface area contributed by atoms with E-state index in [2.05, 4.69) is 29.0 Å². The molecule has 22 heavy (non-hydrogen) atoms. The number of anilines is 1. The van der Waals surface area contributed by atoms with Crippen LogP contribution in [0.15, 0.2) is 41.3 Å². The number of aromatic nitrogens is 2. The van der Waals surface area contributed by atoms with E-state index in [0.717, 1.165) is 21.5 Å². The lowest BCUT2D eigenvalue weighted by molar-refractivity contribution is 0.0994. The molecule has 0 radical (unpaired) electrons. The van der Waals surface area contributed by atoms with Gasteiger partial charge in [-0.15, -0.1) is 16.8 Å². The van der Waals surface area contributed by atoms with Crippen LogP contribution < -0.4 is 5.32 Å². The number of rotatable bonds is 8. The van der Waals surface area contributed by atoms with Crippen molar-refractivity contribution in [1.29, 1.82) is 0 Å². The van der Waals surface area contributed by atoms with Crippen molar-refractivity contribution in [1.82, 2.24) is 10.2 Å². The number of nitrogens with one attached hydrogen (secondary N) is 1. The highest BCUT2D eigenvalue weighted by Crippen LogP contribution is 2.30. The van der Waals surface area contributed by atoms with Crippen LogP contribution in [0.25, 0.3) is 0 Å². The third-order valence-corrected chi connectivity index (χ3v) is 5.16. The number of carbonyl (C=O) groups is 1. The smallest absolute Gasteiger partial charge is 0.206 e. The highest BCUT2D eigenvalue weighted by molar-refractivity contribution is 8.02. The number of thioether (sulfide) groups is 1. The standard InChI is InChI=1S/C16H19N3OS2/c1-4-10-17-15-18-19-16(22-15)21-11(3)14(20)13-8-6-12(5-2)7-9-13/h4,6-9,11H,1,5,10H2,2-3H3,(H,17,18)/t11-/m1/s1. The number of benzene rings is 1. The lowest BCUT2D eigenvalue weighted by Gasteiger charge is -2.08. The van der Waals surface area contributed by atoms with Crippen LogP contribution >= 0.6 is 23.1 Å². The molecule has 0 spiro atoms. The van der Waals surface area contributed by atoms with E-state index in [1.807, 2.05) is 31.2 Å². The first-order valence-electron chi connectivity index (χ1n) is 7.12. The van der Waals surface area contributed by atoms with Crippen molar-refractivity contribution in [3.05, 3.63) is 48.0 Å². The number of nitrogens with zero attached hydrogens (tertiary/aromatic N) is 2. The third-order valence-electron chi connectivity index (χ3n) is 3.10. The van der Waals surface area contributed by atoms with Crippen LogP contribution in [0.3, 0.4) is 0 Å². The monoisotopic (exact) mass is 333 g/mol. The van der Waals surface area contributed by atoms with E-state index in [-0.39, 0.29) is 11.0 Å². The fraction of sp³-hybridized carbons (Fsp3) is 0.312. The summed E-state index contributed by atoms with van der Waals surface area (Å²) in [6.45, 7) is 8.30. The Kier molecular flexibility index (Phi) is 6.15. The van der Waals surface area contributed by atoms with Gasteiger partial charge in [0.2, 0.25) is 5.13 Å². The maximum absolute atomic E-state index is 12.4. The lowest BCUT2D eigenvalue weighted by Crippen LogP contribution is -2.13. The Morgan fingerprint density at radius 2 is 2.14 bits per heavy atom. The number of aryl methyl sites for hydroxylation is 1. The van der Waals surface area contributed by atoms with Gasteiger partial charge in [0.05, 0.1) is 5.25 Å². The van der Waals surface area contributed by atoms with E-state index >= 15 is 0 Å². The minimum Gasteiger partial charge on any atom is -0.357 e. The molecular weight excluding hydrogens is 314 g/mol. The van der Waals surface area contributed by atoms with Gasteiger partial charge in [-0.05, 0) is 18.9 Å². The Morgan fingerprint density at radius 3 is 2.77 bits per heavy atom. The molecule has 0 bridgehead atoms. The molecule has 0 fully saturated rings. The van der Waals surface area contributed by atoms with Crippen LogP contribution in [-0.4, -0.2) is 27.8 Å². The van der Waals surface area contributed by atoms with Crippen LogP contribution in [0.2, 0.25) is 0 Å². The Balaban J connectivity index is 1.98. The molecular formula is C16H19N3OS2. The molecule has 1 atom stereocenters. The largest absolute Gasteiger partial charge is 0.357 e. The molecule has 2 rings (SSSR count). The zero-order valence-electron chi connectivity index (χ0n) is 12.7. The average Bonchev–Trinajstić information content (AvgIpc) is 2.99. The fourth-order valence-electron chi connectivity index (χ4n) is 1.83. The lowest BCUT2D eigenvalue weighted by atomic mass is 10.1. The molecule has 116 valence electrons. The molecule has 0 saturated carbocycles. The molecule has 0 unspecified atom stereocenters. The van der Waals surface area contributed by atoms with Gasteiger partial charge in [-0.1, -0.05) is 60.4 Å². The quantitative estimate of drug-likeness (QED) is 0.448. The van der Waals surface area contributed by atoms with Gasteiger partial charge in [-0.3, -0.25) is 4.79 Å². The molecule has 0 saturated heterocycles. The fourth-order valence-corrected chi connectivity index (χ4v) is 3.81. The van der Waals surface area contributed by atoms with Gasteiger partial charge in [0.15, 0.2) is 10.1 Å². The predicted octanol–water partition coefficient (Wildman–Crippen LogP) is 4.06. The van der Waals surface area contributed by atoms with Gasteiger partial charge < -0.3 is 5.32 Å². The zero-order valence-corrected chi connectivity index (χ0v) is 14.3. The minimum atomic E-state index is -0.187. The Morgan fingerprint density at radius 1 is 1.41 bits per heavy atom. The van der Waals surface area contributed by atoms with Crippen LogP contribution in [0.1, 0.15) is 29.8 Å². The highest BCUT2D eigenvalue weighted by Gasteiger charge is 2.18. The van der Waals surface area contributed by atoms with Crippen LogP contribution in [0.5, 0.6) is 0 Å². The minimum absolute atomic E-state index is 0.114. The zero-order chi connectivity index (χ0) is 15.9. The summed E-state index contributed by atoms with van der Waals surface area (Å²) in [5.74, 6) is 0.114. The van der Waals surface area contributed by atoms with Gasteiger partial charge >= 0.3 is 0 Å². The van der Waals surface area contributed by atoms with Crippen LogP contribution in [0, 0.1) is 0 Å². The second-order valence-corrected chi connectivity index (χ2v) is 7.28. The molecule has 1 N–H and O–H groups in total. The number of hydrogen-bond donors (Lipinski definition) is 1. The Hall–Kier alpha value is -1.66.